The summed E-state index contributed by atoms with van der Waals surface area (Å²) < 4.78 is 5.96. The fourth-order valence-corrected chi connectivity index (χ4v) is 2.90. The van der Waals surface area contributed by atoms with Crippen LogP contribution in [0.1, 0.15) is 34.1 Å². The molecule has 19 heavy (non-hydrogen) atoms. The van der Waals surface area contributed by atoms with Gasteiger partial charge in [-0.25, -0.2) is 0 Å². The third kappa shape index (κ3) is 3.03. The lowest BCUT2D eigenvalue weighted by Crippen LogP contribution is -2.38. The van der Waals surface area contributed by atoms with E-state index in [1.165, 1.54) is 5.69 Å². The highest BCUT2D eigenvalue weighted by molar-refractivity contribution is 5.61. The second-order valence-electron chi connectivity index (χ2n) is 6.25. The molecule has 0 radical (unpaired) electrons. The number of nitrogens with zero attached hydrogens (tertiary/aromatic N) is 1. The van der Waals surface area contributed by atoms with Crippen molar-refractivity contribution in [3.8, 4) is 5.75 Å². The molecule has 0 spiro atoms. The molecule has 0 aromatic heterocycles. The summed E-state index contributed by atoms with van der Waals surface area (Å²) >= 11 is 0. The number of ether oxygens (including phenoxy) is 1. The van der Waals surface area contributed by atoms with Crippen LogP contribution in [0.3, 0.4) is 0 Å². The minimum absolute atomic E-state index is 0.157. The second-order valence-corrected chi connectivity index (χ2v) is 6.25. The Morgan fingerprint density at radius 2 is 2.00 bits per heavy atom. The van der Waals surface area contributed by atoms with Crippen molar-refractivity contribution < 1.29 is 4.74 Å². The molecular formula is C16H26N2O. The zero-order valence-corrected chi connectivity index (χ0v) is 12.7. The summed E-state index contributed by atoms with van der Waals surface area (Å²) in [7, 11) is 2.04. The SMILES string of the molecule is CNC1CN(c2ccccc2OC(C)C)C(C)(C)C1. The molecule has 1 atom stereocenters. The minimum atomic E-state index is 0.157. The van der Waals surface area contributed by atoms with Gasteiger partial charge in [0.2, 0.25) is 0 Å². The Kier molecular flexibility index (Phi) is 4.04. The van der Waals surface area contributed by atoms with Gasteiger partial charge in [-0.05, 0) is 53.3 Å². The van der Waals surface area contributed by atoms with Crippen molar-refractivity contribution in [1.29, 1.82) is 0 Å². The molecule has 1 aromatic carbocycles. The van der Waals surface area contributed by atoms with Crippen molar-refractivity contribution in [3.63, 3.8) is 0 Å². The maximum atomic E-state index is 5.96. The third-order valence-electron chi connectivity index (χ3n) is 3.81. The highest BCUT2D eigenvalue weighted by Gasteiger charge is 2.38. The number of likely N-dealkylation sites (N-methyl/N-ethyl adjacent to an activating group) is 1. The summed E-state index contributed by atoms with van der Waals surface area (Å²) in [6, 6.07) is 8.91. The van der Waals surface area contributed by atoms with E-state index < -0.39 is 0 Å². The van der Waals surface area contributed by atoms with Gasteiger partial charge in [-0.1, -0.05) is 12.1 Å². The average Bonchev–Trinajstić information content (AvgIpc) is 2.64. The molecule has 1 aromatic rings. The Morgan fingerprint density at radius 1 is 1.32 bits per heavy atom. The molecule has 106 valence electrons. The molecule has 1 aliphatic heterocycles. The summed E-state index contributed by atoms with van der Waals surface area (Å²) in [5, 5.41) is 3.40. The second kappa shape index (κ2) is 5.41. The Hall–Kier alpha value is -1.22. The lowest BCUT2D eigenvalue weighted by molar-refractivity contribution is 0.242. The van der Waals surface area contributed by atoms with Crippen LogP contribution in [0.2, 0.25) is 0 Å². The molecule has 0 bridgehead atoms. The standard InChI is InChI=1S/C16H26N2O/c1-12(2)19-15-9-7-6-8-14(15)18-11-13(17-5)10-16(18,3)4/h6-9,12-13,17H,10-11H2,1-5H3. The molecular weight excluding hydrogens is 236 g/mol. The maximum absolute atomic E-state index is 5.96. The molecule has 1 heterocycles. The van der Waals surface area contributed by atoms with Crippen LogP contribution in [0.15, 0.2) is 24.3 Å². The predicted octanol–water partition coefficient (Wildman–Crippen LogP) is 3.05. The number of nitrogens with one attached hydrogen (secondary N) is 1. The van der Waals surface area contributed by atoms with Gasteiger partial charge in [0.25, 0.3) is 0 Å². The molecule has 0 amide bonds. The largest absolute Gasteiger partial charge is 0.489 e. The third-order valence-corrected chi connectivity index (χ3v) is 3.81. The van der Waals surface area contributed by atoms with Gasteiger partial charge in [-0.2, -0.15) is 0 Å². The van der Waals surface area contributed by atoms with Crippen LogP contribution in [0.4, 0.5) is 5.69 Å². The molecule has 3 nitrogen and oxygen atoms in total. The van der Waals surface area contributed by atoms with E-state index in [9.17, 15) is 0 Å². The summed E-state index contributed by atoms with van der Waals surface area (Å²) in [5.41, 5.74) is 1.36. The number of anilines is 1. The highest BCUT2D eigenvalue weighted by atomic mass is 16.5. The molecule has 1 aliphatic rings. The van der Waals surface area contributed by atoms with Gasteiger partial charge in [-0.15, -0.1) is 0 Å². The molecule has 1 N–H and O–H groups in total. The molecule has 2 rings (SSSR count). The van der Waals surface area contributed by atoms with Crippen LogP contribution < -0.4 is 15.0 Å². The van der Waals surface area contributed by atoms with E-state index in [-0.39, 0.29) is 11.6 Å². The van der Waals surface area contributed by atoms with Crippen molar-refractivity contribution in [2.24, 2.45) is 0 Å². The van der Waals surface area contributed by atoms with Crippen molar-refractivity contribution >= 4 is 5.69 Å². The lowest BCUT2D eigenvalue weighted by Gasteiger charge is -2.34. The van der Waals surface area contributed by atoms with Crippen LogP contribution in [0.5, 0.6) is 5.75 Å². The number of benzene rings is 1. The Morgan fingerprint density at radius 3 is 2.58 bits per heavy atom. The number of hydrogen-bond donors (Lipinski definition) is 1. The van der Waals surface area contributed by atoms with E-state index >= 15 is 0 Å². The zero-order valence-electron chi connectivity index (χ0n) is 12.7. The first kappa shape index (κ1) is 14.2. The monoisotopic (exact) mass is 262 g/mol. The Balaban J connectivity index is 2.31. The van der Waals surface area contributed by atoms with E-state index in [0.717, 1.165) is 18.7 Å². The smallest absolute Gasteiger partial charge is 0.142 e. The van der Waals surface area contributed by atoms with Crippen LogP contribution >= 0.6 is 0 Å². The van der Waals surface area contributed by atoms with E-state index in [2.05, 4.69) is 56.1 Å². The Bertz CT molecular complexity index is 429. The lowest BCUT2D eigenvalue weighted by atomic mass is 10.00. The topological polar surface area (TPSA) is 24.5 Å². The van der Waals surface area contributed by atoms with Gasteiger partial charge in [0.1, 0.15) is 5.75 Å². The molecule has 1 fully saturated rings. The quantitative estimate of drug-likeness (QED) is 0.902. The van der Waals surface area contributed by atoms with Crippen LogP contribution in [0, 0.1) is 0 Å². The number of hydrogen-bond acceptors (Lipinski definition) is 3. The van der Waals surface area contributed by atoms with Crippen molar-refractivity contribution in [1.82, 2.24) is 5.32 Å². The maximum Gasteiger partial charge on any atom is 0.142 e. The van der Waals surface area contributed by atoms with Gasteiger partial charge in [0.15, 0.2) is 0 Å². The van der Waals surface area contributed by atoms with E-state index in [1.807, 2.05) is 13.1 Å². The first-order valence-electron chi connectivity index (χ1n) is 7.14. The summed E-state index contributed by atoms with van der Waals surface area (Å²) in [4.78, 5) is 2.46. The number of rotatable bonds is 4. The normalized spacial score (nSPS) is 22.0. The van der Waals surface area contributed by atoms with E-state index in [4.69, 9.17) is 4.74 Å². The Labute approximate surface area is 116 Å². The summed E-state index contributed by atoms with van der Waals surface area (Å²) in [6.45, 7) is 9.78. The van der Waals surface area contributed by atoms with Gasteiger partial charge < -0.3 is 15.0 Å². The fraction of sp³-hybridized carbons (Fsp3) is 0.625. The van der Waals surface area contributed by atoms with Crippen molar-refractivity contribution in [2.75, 3.05) is 18.5 Å². The van der Waals surface area contributed by atoms with Gasteiger partial charge in [-0.3, -0.25) is 0 Å². The highest BCUT2D eigenvalue weighted by Crippen LogP contribution is 2.39. The van der Waals surface area contributed by atoms with Crippen LogP contribution in [-0.2, 0) is 0 Å². The molecule has 1 saturated heterocycles. The van der Waals surface area contributed by atoms with E-state index in [0.29, 0.717) is 6.04 Å². The molecule has 0 saturated carbocycles. The fourth-order valence-electron chi connectivity index (χ4n) is 2.90. The zero-order chi connectivity index (χ0) is 14.0. The minimum Gasteiger partial charge on any atom is -0.489 e. The van der Waals surface area contributed by atoms with Crippen LogP contribution in [-0.4, -0.2) is 31.3 Å². The average molecular weight is 262 g/mol. The summed E-state index contributed by atoms with van der Waals surface area (Å²) in [6.07, 6.45) is 1.35. The van der Waals surface area contributed by atoms with Crippen LogP contribution in [0.25, 0.3) is 0 Å². The predicted molar refractivity (Wildman–Crippen MR) is 81.1 cm³/mol. The molecule has 0 aliphatic carbocycles. The van der Waals surface area contributed by atoms with Gasteiger partial charge in [0, 0.05) is 18.1 Å². The first-order valence-corrected chi connectivity index (χ1v) is 7.14. The first-order chi connectivity index (χ1) is 8.94. The van der Waals surface area contributed by atoms with Gasteiger partial charge in [0.05, 0.1) is 11.8 Å². The number of para-hydroxylation sites is 2. The van der Waals surface area contributed by atoms with Gasteiger partial charge >= 0.3 is 0 Å². The van der Waals surface area contributed by atoms with E-state index in [1.54, 1.807) is 0 Å². The van der Waals surface area contributed by atoms with Crippen molar-refractivity contribution in [2.45, 2.75) is 51.8 Å². The summed E-state index contributed by atoms with van der Waals surface area (Å²) in [5.74, 6) is 0.988. The molecule has 1 unspecified atom stereocenters. The van der Waals surface area contributed by atoms with Crippen molar-refractivity contribution in [3.05, 3.63) is 24.3 Å². The molecule has 3 heteroatoms.